The highest BCUT2D eigenvalue weighted by Crippen LogP contribution is 2.36. The first kappa shape index (κ1) is 19.2. The summed E-state index contributed by atoms with van der Waals surface area (Å²) in [5, 5.41) is 0.370. The van der Waals surface area contributed by atoms with Gasteiger partial charge < -0.3 is 0 Å². The highest BCUT2D eigenvalue weighted by atomic mass is 35.5. The van der Waals surface area contributed by atoms with E-state index in [1.165, 1.54) is 12.1 Å². The standard InChI is InChI=1S/C24H15ClN2O4/c1-12-4-3-5-17-20(12)24(31)26(22(17)29)15-7-9-19(13(2)10-15)27-21(28)16-8-6-14(25)11-18(16)23(27)30/h3-11H,1-2H3. The van der Waals surface area contributed by atoms with Crippen molar-refractivity contribution in [1.82, 2.24) is 0 Å². The number of carbonyl (C=O) groups excluding carboxylic acids is 4. The fourth-order valence-electron chi connectivity index (χ4n) is 4.15. The van der Waals surface area contributed by atoms with Gasteiger partial charge in [0.2, 0.25) is 0 Å². The molecule has 0 saturated heterocycles. The van der Waals surface area contributed by atoms with Crippen molar-refractivity contribution in [1.29, 1.82) is 0 Å². The third-order valence-corrected chi connectivity index (χ3v) is 5.89. The van der Waals surface area contributed by atoms with Crippen LogP contribution in [0.5, 0.6) is 0 Å². The number of nitrogens with zero attached hydrogens (tertiary/aromatic N) is 2. The summed E-state index contributed by atoms with van der Waals surface area (Å²) in [4.78, 5) is 53.7. The van der Waals surface area contributed by atoms with E-state index in [9.17, 15) is 19.2 Å². The van der Waals surface area contributed by atoms with Gasteiger partial charge in [-0.15, -0.1) is 0 Å². The normalized spacial score (nSPS) is 15.1. The monoisotopic (exact) mass is 430 g/mol. The van der Waals surface area contributed by atoms with Crippen molar-refractivity contribution in [3.05, 3.63) is 93.0 Å². The van der Waals surface area contributed by atoms with Crippen LogP contribution in [-0.4, -0.2) is 23.6 Å². The number of amides is 4. The number of anilines is 2. The zero-order chi connectivity index (χ0) is 22.0. The Morgan fingerprint density at radius 3 is 2.06 bits per heavy atom. The molecule has 0 saturated carbocycles. The highest BCUT2D eigenvalue weighted by molar-refractivity contribution is 6.37. The van der Waals surface area contributed by atoms with Crippen molar-refractivity contribution in [2.24, 2.45) is 0 Å². The first-order chi connectivity index (χ1) is 14.8. The van der Waals surface area contributed by atoms with Gasteiger partial charge in [0.15, 0.2) is 0 Å². The average Bonchev–Trinajstić information content (AvgIpc) is 3.13. The van der Waals surface area contributed by atoms with Gasteiger partial charge in [0.05, 0.1) is 33.6 Å². The second-order valence-electron chi connectivity index (χ2n) is 7.55. The maximum atomic E-state index is 12.9. The largest absolute Gasteiger partial charge is 0.268 e. The molecular weight excluding hydrogens is 416 g/mol. The van der Waals surface area contributed by atoms with E-state index in [0.29, 0.717) is 33.1 Å². The van der Waals surface area contributed by atoms with Crippen molar-refractivity contribution in [3.8, 4) is 0 Å². The van der Waals surface area contributed by atoms with E-state index in [2.05, 4.69) is 0 Å². The van der Waals surface area contributed by atoms with Crippen LogP contribution in [0, 0.1) is 13.8 Å². The molecular formula is C24H15ClN2O4. The molecule has 5 rings (SSSR count). The molecule has 0 fully saturated rings. The number of benzene rings is 3. The molecule has 3 aromatic carbocycles. The predicted octanol–water partition coefficient (Wildman–Crippen LogP) is 4.56. The molecule has 0 atom stereocenters. The Balaban J connectivity index is 1.53. The van der Waals surface area contributed by atoms with Crippen LogP contribution in [0.4, 0.5) is 11.4 Å². The van der Waals surface area contributed by atoms with Crippen LogP contribution in [0.15, 0.2) is 54.6 Å². The van der Waals surface area contributed by atoms with Crippen LogP contribution in [0.25, 0.3) is 0 Å². The summed E-state index contributed by atoms with van der Waals surface area (Å²) >= 11 is 5.98. The van der Waals surface area contributed by atoms with Crippen LogP contribution < -0.4 is 9.80 Å². The van der Waals surface area contributed by atoms with Gasteiger partial charge in [0.25, 0.3) is 23.6 Å². The minimum atomic E-state index is -0.463. The van der Waals surface area contributed by atoms with Gasteiger partial charge in [0.1, 0.15) is 0 Å². The average molecular weight is 431 g/mol. The SMILES string of the molecule is Cc1cc(N2C(=O)c3cccc(C)c3C2=O)ccc1N1C(=O)c2ccc(Cl)cc2C1=O. The fourth-order valence-corrected chi connectivity index (χ4v) is 4.32. The van der Waals surface area contributed by atoms with Gasteiger partial charge in [-0.2, -0.15) is 0 Å². The Labute approximate surface area is 182 Å². The molecule has 152 valence electrons. The van der Waals surface area contributed by atoms with Gasteiger partial charge in [-0.3, -0.25) is 19.2 Å². The molecule has 2 aliphatic heterocycles. The van der Waals surface area contributed by atoms with E-state index in [-0.39, 0.29) is 17.0 Å². The van der Waals surface area contributed by atoms with E-state index in [0.717, 1.165) is 15.4 Å². The number of carbonyl (C=O) groups is 4. The molecule has 31 heavy (non-hydrogen) atoms. The molecule has 2 heterocycles. The summed E-state index contributed by atoms with van der Waals surface area (Å²) in [7, 11) is 0. The van der Waals surface area contributed by atoms with E-state index in [1.54, 1.807) is 56.3 Å². The third kappa shape index (κ3) is 2.65. The molecule has 4 amide bonds. The Morgan fingerprint density at radius 1 is 0.645 bits per heavy atom. The molecule has 0 spiro atoms. The van der Waals surface area contributed by atoms with E-state index >= 15 is 0 Å². The van der Waals surface area contributed by atoms with Crippen LogP contribution >= 0.6 is 11.6 Å². The van der Waals surface area contributed by atoms with Gasteiger partial charge in [-0.25, -0.2) is 9.80 Å². The number of hydrogen-bond acceptors (Lipinski definition) is 4. The first-order valence-electron chi connectivity index (χ1n) is 9.57. The first-order valence-corrected chi connectivity index (χ1v) is 9.95. The summed E-state index contributed by atoms with van der Waals surface area (Å²) in [6, 6.07) is 14.5. The summed E-state index contributed by atoms with van der Waals surface area (Å²) in [6.07, 6.45) is 0. The van der Waals surface area contributed by atoms with Crippen molar-refractivity contribution in [2.45, 2.75) is 13.8 Å². The Bertz CT molecular complexity index is 1360. The number of imide groups is 2. The summed E-state index contributed by atoms with van der Waals surface area (Å²) in [5.41, 5.74) is 3.37. The second-order valence-corrected chi connectivity index (χ2v) is 7.99. The van der Waals surface area contributed by atoms with Crippen LogP contribution in [-0.2, 0) is 0 Å². The maximum Gasteiger partial charge on any atom is 0.266 e. The molecule has 0 unspecified atom stereocenters. The predicted molar refractivity (Wildman–Crippen MR) is 116 cm³/mol. The molecule has 0 N–H and O–H groups in total. The van der Waals surface area contributed by atoms with Crippen molar-refractivity contribution < 1.29 is 19.2 Å². The number of halogens is 1. The lowest BCUT2D eigenvalue weighted by Gasteiger charge is -2.20. The molecule has 0 bridgehead atoms. The third-order valence-electron chi connectivity index (χ3n) is 5.65. The zero-order valence-electron chi connectivity index (χ0n) is 16.6. The molecule has 2 aliphatic rings. The molecule has 0 radical (unpaired) electrons. The molecule has 3 aromatic rings. The second kappa shape index (κ2) is 6.62. The van der Waals surface area contributed by atoms with Gasteiger partial charge >= 0.3 is 0 Å². The topological polar surface area (TPSA) is 74.8 Å². The summed E-state index contributed by atoms with van der Waals surface area (Å²) < 4.78 is 0. The molecule has 0 aliphatic carbocycles. The number of rotatable bonds is 2. The summed E-state index contributed by atoms with van der Waals surface area (Å²) in [6.45, 7) is 3.51. The van der Waals surface area contributed by atoms with Crippen LogP contribution in [0.1, 0.15) is 52.6 Å². The Hall–Kier alpha value is -3.77. The van der Waals surface area contributed by atoms with Crippen LogP contribution in [0.2, 0.25) is 5.02 Å². The minimum Gasteiger partial charge on any atom is -0.268 e. The lowest BCUT2D eigenvalue weighted by Crippen LogP contribution is -2.31. The van der Waals surface area contributed by atoms with Crippen molar-refractivity contribution in [3.63, 3.8) is 0 Å². The van der Waals surface area contributed by atoms with Gasteiger partial charge in [0, 0.05) is 5.02 Å². The molecule has 0 aromatic heterocycles. The van der Waals surface area contributed by atoms with Gasteiger partial charge in [-0.1, -0.05) is 23.7 Å². The zero-order valence-corrected chi connectivity index (χ0v) is 17.4. The minimum absolute atomic E-state index is 0.247. The number of aryl methyl sites for hydroxylation is 2. The number of fused-ring (bicyclic) bond motifs is 2. The van der Waals surface area contributed by atoms with Crippen LogP contribution in [0.3, 0.4) is 0 Å². The Morgan fingerprint density at radius 2 is 1.35 bits per heavy atom. The summed E-state index contributed by atoms with van der Waals surface area (Å²) in [5.74, 6) is -1.69. The van der Waals surface area contributed by atoms with Gasteiger partial charge in [-0.05, 0) is 67.4 Å². The van der Waals surface area contributed by atoms with E-state index in [4.69, 9.17) is 11.6 Å². The Kier molecular flexibility index (Phi) is 4.10. The van der Waals surface area contributed by atoms with E-state index < -0.39 is 17.7 Å². The molecule has 6 nitrogen and oxygen atoms in total. The fraction of sp³-hybridized carbons (Fsp3) is 0.0833. The maximum absolute atomic E-state index is 12.9. The lowest BCUT2D eigenvalue weighted by atomic mass is 10.0. The van der Waals surface area contributed by atoms with E-state index in [1.807, 2.05) is 0 Å². The smallest absolute Gasteiger partial charge is 0.266 e. The quantitative estimate of drug-likeness (QED) is 0.558. The van der Waals surface area contributed by atoms with Crippen molar-refractivity contribution in [2.75, 3.05) is 9.80 Å². The lowest BCUT2D eigenvalue weighted by molar-refractivity contribution is 0.0909. The molecule has 7 heteroatoms. The highest BCUT2D eigenvalue weighted by Gasteiger charge is 2.40. The van der Waals surface area contributed by atoms with Crippen molar-refractivity contribution >= 4 is 46.6 Å². The number of hydrogen-bond donors (Lipinski definition) is 0.